The highest BCUT2D eigenvalue weighted by Crippen LogP contribution is 2.34. The van der Waals surface area contributed by atoms with Crippen LogP contribution in [0, 0.1) is 11.8 Å². The average Bonchev–Trinajstić information content (AvgIpc) is 3.01. The summed E-state index contributed by atoms with van der Waals surface area (Å²) in [6.45, 7) is 2.40. The first-order valence-corrected chi connectivity index (χ1v) is 7.78. The van der Waals surface area contributed by atoms with Crippen molar-refractivity contribution in [1.29, 1.82) is 0 Å². The molecule has 108 valence electrons. The molecule has 1 fully saturated rings. The lowest BCUT2D eigenvalue weighted by molar-refractivity contribution is 0.304. The highest BCUT2D eigenvalue weighted by molar-refractivity contribution is 5.75. The van der Waals surface area contributed by atoms with Crippen LogP contribution in [0.2, 0.25) is 0 Å². The molecule has 1 saturated carbocycles. The van der Waals surface area contributed by atoms with Crippen molar-refractivity contribution in [3.63, 3.8) is 0 Å². The Kier molecular flexibility index (Phi) is 3.79. The molecule has 1 N–H and O–H groups in total. The molecule has 0 amide bonds. The average molecular weight is 271 g/mol. The summed E-state index contributed by atoms with van der Waals surface area (Å²) in [7, 11) is 4.23. The number of rotatable bonds is 4. The lowest BCUT2D eigenvalue weighted by Crippen LogP contribution is -2.37. The molecule has 3 rings (SSSR count). The molecular weight excluding hydrogens is 246 g/mol. The van der Waals surface area contributed by atoms with Crippen molar-refractivity contribution >= 4 is 11.0 Å². The minimum absolute atomic E-state index is 0.544. The van der Waals surface area contributed by atoms with Crippen LogP contribution >= 0.6 is 0 Å². The molecule has 1 aromatic heterocycles. The molecule has 0 radical (unpaired) electrons. The lowest BCUT2D eigenvalue weighted by atomic mass is 9.88. The molecule has 3 nitrogen and oxygen atoms in total. The lowest BCUT2D eigenvalue weighted by Gasteiger charge is -2.26. The smallest absolute Gasteiger partial charge is 0.111 e. The van der Waals surface area contributed by atoms with E-state index in [2.05, 4.69) is 55.2 Å². The van der Waals surface area contributed by atoms with Crippen molar-refractivity contribution < 1.29 is 0 Å². The number of nitrogens with one attached hydrogen (secondary N) is 1. The summed E-state index contributed by atoms with van der Waals surface area (Å²) in [5, 5.41) is 3.54. The van der Waals surface area contributed by atoms with Gasteiger partial charge in [-0.3, -0.25) is 0 Å². The third-order valence-corrected chi connectivity index (χ3v) is 5.10. The molecule has 0 aliphatic heterocycles. The van der Waals surface area contributed by atoms with Crippen molar-refractivity contribution in [2.75, 3.05) is 7.05 Å². The van der Waals surface area contributed by atoms with Gasteiger partial charge in [-0.1, -0.05) is 31.9 Å². The van der Waals surface area contributed by atoms with E-state index in [4.69, 9.17) is 4.98 Å². The Morgan fingerprint density at radius 3 is 2.80 bits per heavy atom. The molecule has 1 aromatic carbocycles. The van der Waals surface area contributed by atoms with E-state index >= 15 is 0 Å². The number of aryl methyl sites for hydroxylation is 1. The van der Waals surface area contributed by atoms with Crippen molar-refractivity contribution in [2.45, 2.75) is 38.6 Å². The molecule has 1 heterocycles. The first-order chi connectivity index (χ1) is 9.70. The number of likely N-dealkylation sites (N-methyl/N-ethyl adjacent to an activating group) is 1. The summed E-state index contributed by atoms with van der Waals surface area (Å²) in [5.41, 5.74) is 2.34. The maximum absolute atomic E-state index is 4.82. The predicted octanol–water partition coefficient (Wildman–Crippen LogP) is 3.14. The second-order valence-corrected chi connectivity index (χ2v) is 6.25. The molecule has 0 bridgehead atoms. The first kappa shape index (κ1) is 13.6. The normalized spacial score (nSPS) is 24.4. The van der Waals surface area contributed by atoms with Gasteiger partial charge in [-0.15, -0.1) is 0 Å². The van der Waals surface area contributed by atoms with Gasteiger partial charge < -0.3 is 9.88 Å². The molecule has 3 heteroatoms. The SMILES string of the molecule is CNC(Cc1nc2ccccc2n1C)C1CCCC1C. The Balaban J connectivity index is 1.85. The van der Waals surface area contributed by atoms with Gasteiger partial charge in [-0.05, 0) is 37.4 Å². The fourth-order valence-electron chi connectivity index (χ4n) is 3.81. The first-order valence-electron chi connectivity index (χ1n) is 7.78. The monoisotopic (exact) mass is 271 g/mol. The van der Waals surface area contributed by atoms with Gasteiger partial charge in [0.2, 0.25) is 0 Å². The van der Waals surface area contributed by atoms with Crippen LogP contribution in [0.15, 0.2) is 24.3 Å². The largest absolute Gasteiger partial charge is 0.331 e. The van der Waals surface area contributed by atoms with Crippen LogP contribution in [0.5, 0.6) is 0 Å². The predicted molar refractivity (Wildman–Crippen MR) is 83.8 cm³/mol. The van der Waals surface area contributed by atoms with Gasteiger partial charge in [-0.2, -0.15) is 0 Å². The van der Waals surface area contributed by atoms with Crippen molar-refractivity contribution in [3.8, 4) is 0 Å². The van der Waals surface area contributed by atoms with E-state index in [1.807, 2.05) is 0 Å². The highest BCUT2D eigenvalue weighted by Gasteiger charge is 2.30. The van der Waals surface area contributed by atoms with E-state index in [0.717, 1.165) is 23.8 Å². The molecule has 3 atom stereocenters. The summed E-state index contributed by atoms with van der Waals surface area (Å²) in [6, 6.07) is 8.95. The van der Waals surface area contributed by atoms with Crippen LogP contribution in [0.3, 0.4) is 0 Å². The van der Waals surface area contributed by atoms with Gasteiger partial charge in [0, 0.05) is 19.5 Å². The van der Waals surface area contributed by atoms with Crippen LogP contribution in [-0.4, -0.2) is 22.6 Å². The standard InChI is InChI=1S/C17H25N3/c1-12-7-6-8-13(12)15(18-2)11-17-19-14-9-4-5-10-16(14)20(17)3/h4-5,9-10,12-13,15,18H,6-8,11H2,1-3H3. The Bertz CT molecular complexity index is 587. The third kappa shape index (κ3) is 2.35. The fraction of sp³-hybridized carbons (Fsp3) is 0.588. The molecule has 3 unspecified atom stereocenters. The van der Waals surface area contributed by atoms with Gasteiger partial charge in [0.05, 0.1) is 11.0 Å². The number of aromatic nitrogens is 2. The van der Waals surface area contributed by atoms with E-state index in [-0.39, 0.29) is 0 Å². The Hall–Kier alpha value is -1.35. The van der Waals surface area contributed by atoms with E-state index in [9.17, 15) is 0 Å². The summed E-state index contributed by atoms with van der Waals surface area (Å²) >= 11 is 0. The number of hydrogen-bond acceptors (Lipinski definition) is 2. The highest BCUT2D eigenvalue weighted by atomic mass is 15.1. The molecule has 1 aliphatic carbocycles. The van der Waals surface area contributed by atoms with Gasteiger partial charge >= 0.3 is 0 Å². The number of benzene rings is 1. The van der Waals surface area contributed by atoms with E-state index in [1.54, 1.807) is 0 Å². The number of para-hydroxylation sites is 2. The van der Waals surface area contributed by atoms with Crippen LogP contribution in [-0.2, 0) is 13.5 Å². The molecular formula is C17H25N3. The number of nitrogens with zero attached hydrogens (tertiary/aromatic N) is 2. The van der Waals surface area contributed by atoms with Crippen molar-refractivity contribution in [2.24, 2.45) is 18.9 Å². The summed E-state index contributed by atoms with van der Waals surface area (Å²) in [4.78, 5) is 4.82. The molecule has 2 aromatic rings. The van der Waals surface area contributed by atoms with Gasteiger partial charge in [0.25, 0.3) is 0 Å². The molecule has 0 spiro atoms. The number of hydrogen-bond donors (Lipinski definition) is 1. The third-order valence-electron chi connectivity index (χ3n) is 5.10. The van der Waals surface area contributed by atoms with Crippen LogP contribution in [0.4, 0.5) is 0 Å². The summed E-state index contributed by atoms with van der Waals surface area (Å²) in [6.07, 6.45) is 5.14. The molecule has 0 saturated heterocycles. The minimum atomic E-state index is 0.544. The molecule has 20 heavy (non-hydrogen) atoms. The van der Waals surface area contributed by atoms with Crippen LogP contribution < -0.4 is 5.32 Å². The van der Waals surface area contributed by atoms with Crippen molar-refractivity contribution in [1.82, 2.24) is 14.9 Å². The van der Waals surface area contributed by atoms with E-state index in [1.165, 1.54) is 30.6 Å². The second-order valence-electron chi connectivity index (χ2n) is 6.25. The quantitative estimate of drug-likeness (QED) is 0.926. The minimum Gasteiger partial charge on any atom is -0.331 e. The Labute approximate surface area is 121 Å². The zero-order chi connectivity index (χ0) is 14.1. The summed E-state index contributed by atoms with van der Waals surface area (Å²) in [5.74, 6) is 2.83. The van der Waals surface area contributed by atoms with Gasteiger partial charge in [-0.25, -0.2) is 4.98 Å². The number of imidazole rings is 1. The van der Waals surface area contributed by atoms with Gasteiger partial charge in [0.15, 0.2) is 0 Å². The topological polar surface area (TPSA) is 29.9 Å². The summed E-state index contributed by atoms with van der Waals surface area (Å²) < 4.78 is 2.25. The Morgan fingerprint density at radius 2 is 2.15 bits per heavy atom. The fourth-order valence-corrected chi connectivity index (χ4v) is 3.81. The maximum atomic E-state index is 4.82. The van der Waals surface area contributed by atoms with Crippen molar-refractivity contribution in [3.05, 3.63) is 30.1 Å². The van der Waals surface area contributed by atoms with E-state index in [0.29, 0.717) is 6.04 Å². The Morgan fingerprint density at radius 1 is 1.35 bits per heavy atom. The second kappa shape index (κ2) is 5.57. The van der Waals surface area contributed by atoms with E-state index < -0.39 is 0 Å². The maximum Gasteiger partial charge on any atom is 0.111 e. The van der Waals surface area contributed by atoms with Gasteiger partial charge in [0.1, 0.15) is 5.82 Å². The molecule has 1 aliphatic rings. The number of fused-ring (bicyclic) bond motifs is 1. The zero-order valence-corrected chi connectivity index (χ0v) is 12.8. The van der Waals surface area contributed by atoms with Crippen LogP contribution in [0.25, 0.3) is 11.0 Å². The van der Waals surface area contributed by atoms with Crippen LogP contribution in [0.1, 0.15) is 32.0 Å². The zero-order valence-electron chi connectivity index (χ0n) is 12.8.